The minimum absolute atomic E-state index is 0.0283. The van der Waals surface area contributed by atoms with Crippen molar-refractivity contribution >= 4 is 11.9 Å². The van der Waals surface area contributed by atoms with Crippen LogP contribution in [-0.4, -0.2) is 54.0 Å². The Balaban J connectivity index is 1.54. The van der Waals surface area contributed by atoms with Crippen molar-refractivity contribution in [3.63, 3.8) is 0 Å². The van der Waals surface area contributed by atoms with E-state index in [2.05, 4.69) is 5.32 Å². The molecule has 1 saturated carbocycles. The highest BCUT2D eigenvalue weighted by Gasteiger charge is 2.27. The zero-order valence-corrected chi connectivity index (χ0v) is 14.7. The molecule has 130 valence electrons. The first-order valence-electron chi connectivity index (χ1n) is 8.96. The number of nitrogens with zero attached hydrogens (tertiary/aromatic N) is 2. The summed E-state index contributed by atoms with van der Waals surface area (Å²) in [6, 6.07) is 6.30. The van der Waals surface area contributed by atoms with Gasteiger partial charge in [0.15, 0.2) is 0 Å². The summed E-state index contributed by atoms with van der Waals surface area (Å²) in [5.41, 5.74) is 2.95. The lowest BCUT2D eigenvalue weighted by atomic mass is 10.0. The Labute approximate surface area is 144 Å². The molecule has 0 atom stereocenters. The summed E-state index contributed by atoms with van der Waals surface area (Å²) in [5, 5.41) is 3.12. The van der Waals surface area contributed by atoms with Crippen molar-refractivity contribution < 1.29 is 9.59 Å². The van der Waals surface area contributed by atoms with Gasteiger partial charge in [-0.25, -0.2) is 4.79 Å². The van der Waals surface area contributed by atoms with Crippen LogP contribution in [0.15, 0.2) is 18.2 Å². The van der Waals surface area contributed by atoms with Gasteiger partial charge in [0.25, 0.3) is 5.91 Å². The normalized spacial score (nSPS) is 18.8. The molecule has 1 saturated heterocycles. The number of aryl methyl sites for hydroxylation is 2. The molecule has 0 bridgehead atoms. The first-order chi connectivity index (χ1) is 11.5. The second kappa shape index (κ2) is 7.24. The van der Waals surface area contributed by atoms with Gasteiger partial charge in [-0.15, -0.1) is 0 Å². The molecule has 1 aromatic rings. The molecule has 1 N–H and O–H groups in total. The Morgan fingerprint density at radius 1 is 1.00 bits per heavy atom. The number of carbonyl (C=O) groups is 2. The molecule has 0 radical (unpaired) electrons. The fraction of sp³-hybridized carbons (Fsp3) is 0.579. The molecule has 2 fully saturated rings. The lowest BCUT2D eigenvalue weighted by Gasteiger charge is -2.35. The van der Waals surface area contributed by atoms with Gasteiger partial charge in [-0.3, -0.25) is 4.79 Å². The number of carbonyl (C=O) groups excluding carboxylic acids is 2. The fourth-order valence-electron chi connectivity index (χ4n) is 3.67. The Hall–Kier alpha value is -2.04. The van der Waals surface area contributed by atoms with E-state index in [4.69, 9.17) is 0 Å². The highest BCUT2D eigenvalue weighted by Crippen LogP contribution is 2.18. The molecule has 0 unspecified atom stereocenters. The molecule has 1 aromatic carbocycles. The highest BCUT2D eigenvalue weighted by molar-refractivity contribution is 5.95. The average molecular weight is 329 g/mol. The first kappa shape index (κ1) is 16.8. The van der Waals surface area contributed by atoms with E-state index in [0.29, 0.717) is 32.2 Å². The second-order valence-electron chi connectivity index (χ2n) is 7.03. The van der Waals surface area contributed by atoms with Crippen molar-refractivity contribution in [2.24, 2.45) is 0 Å². The van der Waals surface area contributed by atoms with Gasteiger partial charge in [0.1, 0.15) is 0 Å². The topological polar surface area (TPSA) is 52.7 Å². The summed E-state index contributed by atoms with van der Waals surface area (Å²) in [5.74, 6) is 0.0725. The number of benzene rings is 1. The number of piperazine rings is 1. The number of hydrogen-bond donors (Lipinski definition) is 1. The maximum atomic E-state index is 12.7. The number of nitrogens with one attached hydrogen (secondary N) is 1. The van der Waals surface area contributed by atoms with E-state index in [0.717, 1.165) is 29.5 Å². The van der Waals surface area contributed by atoms with Crippen molar-refractivity contribution in [2.45, 2.75) is 45.6 Å². The summed E-state index contributed by atoms with van der Waals surface area (Å²) >= 11 is 0. The van der Waals surface area contributed by atoms with Gasteiger partial charge < -0.3 is 15.1 Å². The van der Waals surface area contributed by atoms with Crippen molar-refractivity contribution in [1.29, 1.82) is 0 Å². The monoisotopic (exact) mass is 329 g/mol. The van der Waals surface area contributed by atoms with E-state index >= 15 is 0 Å². The van der Waals surface area contributed by atoms with Gasteiger partial charge >= 0.3 is 6.03 Å². The largest absolute Gasteiger partial charge is 0.335 e. The van der Waals surface area contributed by atoms with Crippen molar-refractivity contribution in [3.05, 3.63) is 34.9 Å². The van der Waals surface area contributed by atoms with Crippen molar-refractivity contribution in [1.82, 2.24) is 15.1 Å². The Bertz CT molecular complexity index is 615. The third-order valence-corrected chi connectivity index (χ3v) is 5.15. The molecule has 0 aromatic heterocycles. The lowest BCUT2D eigenvalue weighted by Crippen LogP contribution is -2.54. The van der Waals surface area contributed by atoms with Crippen LogP contribution in [0.25, 0.3) is 0 Å². The summed E-state index contributed by atoms with van der Waals surface area (Å²) in [6.07, 6.45) is 4.61. The minimum atomic E-state index is 0.0283. The van der Waals surface area contributed by atoms with Crippen LogP contribution < -0.4 is 5.32 Å². The zero-order chi connectivity index (χ0) is 17.1. The van der Waals surface area contributed by atoms with E-state index < -0.39 is 0 Å². The first-order valence-corrected chi connectivity index (χ1v) is 8.96. The smallest absolute Gasteiger partial charge is 0.317 e. The maximum Gasteiger partial charge on any atom is 0.317 e. The Morgan fingerprint density at radius 3 is 2.25 bits per heavy atom. The molecule has 24 heavy (non-hydrogen) atoms. The standard InChI is InChI=1S/C19H27N3O2/c1-14-7-8-17(15(2)13-14)18(23)21-9-11-22(12-10-21)19(24)20-16-5-3-4-6-16/h7-8,13,16H,3-6,9-12H2,1-2H3,(H,20,24). The van der Waals surface area contributed by atoms with E-state index in [1.807, 2.05) is 41.8 Å². The predicted molar refractivity (Wildman–Crippen MR) is 94.2 cm³/mol. The summed E-state index contributed by atoms with van der Waals surface area (Å²) in [4.78, 5) is 28.7. The van der Waals surface area contributed by atoms with Gasteiger partial charge in [-0.1, -0.05) is 30.5 Å². The molecule has 1 aliphatic carbocycles. The van der Waals surface area contributed by atoms with Crippen LogP contribution in [0.5, 0.6) is 0 Å². The quantitative estimate of drug-likeness (QED) is 0.907. The molecule has 5 nitrogen and oxygen atoms in total. The van der Waals surface area contributed by atoms with E-state index in [1.165, 1.54) is 12.8 Å². The van der Waals surface area contributed by atoms with Crippen LogP contribution in [0, 0.1) is 13.8 Å². The molecule has 1 heterocycles. The molecule has 1 aliphatic heterocycles. The number of amides is 3. The van der Waals surface area contributed by atoms with Gasteiger partial charge in [-0.05, 0) is 38.3 Å². The van der Waals surface area contributed by atoms with Crippen LogP contribution in [0.3, 0.4) is 0 Å². The summed E-state index contributed by atoms with van der Waals surface area (Å²) < 4.78 is 0. The lowest BCUT2D eigenvalue weighted by molar-refractivity contribution is 0.0662. The molecule has 5 heteroatoms. The number of urea groups is 1. The predicted octanol–water partition coefficient (Wildman–Crippen LogP) is 2.71. The molecule has 3 amide bonds. The fourth-order valence-corrected chi connectivity index (χ4v) is 3.67. The van der Waals surface area contributed by atoms with E-state index in [1.54, 1.807) is 0 Å². The Kier molecular flexibility index (Phi) is 5.07. The molecule has 0 spiro atoms. The summed E-state index contributed by atoms with van der Waals surface area (Å²) in [7, 11) is 0. The molecule has 3 rings (SSSR count). The van der Waals surface area contributed by atoms with Gasteiger partial charge in [0.2, 0.25) is 0 Å². The van der Waals surface area contributed by atoms with Crippen LogP contribution in [0.1, 0.15) is 47.2 Å². The van der Waals surface area contributed by atoms with Crippen molar-refractivity contribution in [2.75, 3.05) is 26.2 Å². The van der Waals surface area contributed by atoms with E-state index in [9.17, 15) is 9.59 Å². The minimum Gasteiger partial charge on any atom is -0.335 e. The second-order valence-corrected chi connectivity index (χ2v) is 7.03. The van der Waals surface area contributed by atoms with Gasteiger partial charge in [0.05, 0.1) is 0 Å². The summed E-state index contributed by atoms with van der Waals surface area (Å²) in [6.45, 7) is 6.42. The van der Waals surface area contributed by atoms with Crippen LogP contribution in [0.4, 0.5) is 4.79 Å². The van der Waals surface area contributed by atoms with Crippen LogP contribution in [-0.2, 0) is 0 Å². The molecule has 2 aliphatic rings. The average Bonchev–Trinajstić information content (AvgIpc) is 3.07. The van der Waals surface area contributed by atoms with Crippen LogP contribution >= 0.6 is 0 Å². The molecular weight excluding hydrogens is 302 g/mol. The molecular formula is C19H27N3O2. The number of hydrogen-bond acceptors (Lipinski definition) is 2. The third kappa shape index (κ3) is 3.71. The van der Waals surface area contributed by atoms with E-state index in [-0.39, 0.29) is 11.9 Å². The van der Waals surface area contributed by atoms with Crippen LogP contribution in [0.2, 0.25) is 0 Å². The number of rotatable bonds is 2. The SMILES string of the molecule is Cc1ccc(C(=O)N2CCN(C(=O)NC3CCCC3)CC2)c(C)c1. The maximum absolute atomic E-state index is 12.7. The highest BCUT2D eigenvalue weighted by atomic mass is 16.2. The van der Waals surface area contributed by atoms with Crippen molar-refractivity contribution in [3.8, 4) is 0 Å². The Morgan fingerprint density at radius 2 is 1.62 bits per heavy atom. The van der Waals surface area contributed by atoms with Gasteiger partial charge in [0, 0.05) is 37.8 Å². The zero-order valence-electron chi connectivity index (χ0n) is 14.7. The van der Waals surface area contributed by atoms with Gasteiger partial charge in [-0.2, -0.15) is 0 Å². The third-order valence-electron chi connectivity index (χ3n) is 5.15.